The third-order valence-corrected chi connectivity index (χ3v) is 5.37. The van der Waals surface area contributed by atoms with Gasteiger partial charge < -0.3 is 59.8 Å². The highest BCUT2D eigenvalue weighted by atomic mass is 16.7. The number of hydrogen-bond donors (Lipinski definition) is 9. The van der Waals surface area contributed by atoms with Crippen LogP contribution in [0.25, 0.3) is 22.3 Å². The molecule has 1 saturated heterocycles. The molecule has 0 amide bonds. The van der Waals surface area contributed by atoms with Gasteiger partial charge in [-0.15, -0.1) is 0 Å². The summed E-state index contributed by atoms with van der Waals surface area (Å²) in [6.07, 6.45) is -8.52. The number of phenolic OH excluding ortho intramolecular Hbond substituents is 5. The van der Waals surface area contributed by atoms with Crippen LogP contribution in [0.3, 0.4) is 0 Å². The zero-order valence-corrected chi connectivity index (χ0v) is 17.1. The maximum atomic E-state index is 12.7. The first-order chi connectivity index (χ1) is 16.0. The number of aliphatic hydroxyl groups is 4. The number of fused-ring (bicyclic) bond motifs is 1. The minimum absolute atomic E-state index is 0.0573. The maximum absolute atomic E-state index is 12.7. The van der Waals surface area contributed by atoms with Crippen molar-refractivity contribution in [3.05, 3.63) is 34.5 Å². The molecule has 34 heavy (non-hydrogen) atoms. The lowest BCUT2D eigenvalue weighted by atomic mass is 9.99. The van der Waals surface area contributed by atoms with Crippen LogP contribution < -0.4 is 10.2 Å². The number of aromatic hydroxyl groups is 5. The van der Waals surface area contributed by atoms with Gasteiger partial charge in [-0.25, -0.2) is 0 Å². The Balaban J connectivity index is 1.86. The lowest BCUT2D eigenvalue weighted by molar-refractivity contribution is -0.277. The maximum Gasteiger partial charge on any atom is 0.229 e. The predicted molar refractivity (Wildman–Crippen MR) is 111 cm³/mol. The highest BCUT2D eigenvalue weighted by molar-refractivity contribution is 5.89. The highest BCUT2D eigenvalue weighted by Crippen LogP contribution is 2.44. The monoisotopic (exact) mass is 480 g/mol. The molecule has 1 aliphatic heterocycles. The van der Waals surface area contributed by atoms with Crippen molar-refractivity contribution in [2.45, 2.75) is 30.7 Å². The van der Waals surface area contributed by atoms with Crippen LogP contribution in [0, 0.1) is 0 Å². The number of ether oxygens (including phenoxy) is 2. The van der Waals surface area contributed by atoms with E-state index in [2.05, 4.69) is 0 Å². The molecular weight excluding hydrogens is 460 g/mol. The minimum atomic E-state index is -1.88. The SMILES string of the molecule is O=c1cc(-c2cc(O)c(O)c(O)c2)oc2c(O[C@@H]3O[C@@H](CO)[C@H](O)[C@H](O)[C@@H]3O)c(O)c(O)cc12. The molecule has 0 spiro atoms. The van der Waals surface area contributed by atoms with Crippen LogP contribution in [-0.4, -0.2) is 83.3 Å². The van der Waals surface area contributed by atoms with Crippen LogP contribution in [0.4, 0.5) is 0 Å². The van der Waals surface area contributed by atoms with E-state index in [1.807, 2.05) is 0 Å². The summed E-state index contributed by atoms with van der Waals surface area (Å²) < 4.78 is 16.3. The van der Waals surface area contributed by atoms with E-state index in [9.17, 15) is 50.8 Å². The molecule has 13 nitrogen and oxygen atoms in total. The van der Waals surface area contributed by atoms with E-state index in [0.717, 1.165) is 24.3 Å². The van der Waals surface area contributed by atoms with Crippen molar-refractivity contribution in [3.8, 4) is 45.8 Å². The van der Waals surface area contributed by atoms with Crippen LogP contribution in [0.15, 0.2) is 33.5 Å². The Bertz CT molecular complexity index is 1280. The first kappa shape index (κ1) is 23.4. The second-order valence-electron chi connectivity index (χ2n) is 7.60. The summed E-state index contributed by atoms with van der Waals surface area (Å²) in [5.74, 6) is -4.92. The zero-order valence-electron chi connectivity index (χ0n) is 17.1. The van der Waals surface area contributed by atoms with E-state index in [4.69, 9.17) is 13.9 Å². The highest BCUT2D eigenvalue weighted by Gasteiger charge is 2.45. The Morgan fingerprint density at radius 3 is 2.06 bits per heavy atom. The number of hydrogen-bond acceptors (Lipinski definition) is 13. The largest absolute Gasteiger partial charge is 0.504 e. The van der Waals surface area contributed by atoms with Crippen LogP contribution >= 0.6 is 0 Å². The molecule has 2 heterocycles. The molecule has 2 aromatic carbocycles. The molecule has 0 bridgehead atoms. The second-order valence-corrected chi connectivity index (χ2v) is 7.60. The summed E-state index contributed by atoms with van der Waals surface area (Å²) in [6, 6.07) is 3.79. The summed E-state index contributed by atoms with van der Waals surface area (Å²) in [7, 11) is 0. The average molecular weight is 480 g/mol. The van der Waals surface area contributed by atoms with Crippen molar-refractivity contribution >= 4 is 11.0 Å². The van der Waals surface area contributed by atoms with Crippen LogP contribution in [0.2, 0.25) is 0 Å². The molecule has 1 fully saturated rings. The van der Waals surface area contributed by atoms with E-state index >= 15 is 0 Å². The van der Waals surface area contributed by atoms with E-state index < -0.39 is 82.8 Å². The Labute approximate surface area is 189 Å². The summed E-state index contributed by atoms with van der Waals surface area (Å²) in [6.45, 7) is -0.759. The van der Waals surface area contributed by atoms with Crippen LogP contribution in [0.1, 0.15) is 0 Å². The Morgan fingerprint density at radius 1 is 0.824 bits per heavy atom. The van der Waals surface area contributed by atoms with Crippen molar-refractivity contribution < 1.29 is 59.8 Å². The van der Waals surface area contributed by atoms with Crippen LogP contribution in [0.5, 0.6) is 34.5 Å². The topological polar surface area (TPSA) is 231 Å². The normalized spacial score (nSPS) is 24.9. The Morgan fingerprint density at radius 2 is 1.44 bits per heavy atom. The van der Waals surface area contributed by atoms with Crippen molar-refractivity contribution in [3.63, 3.8) is 0 Å². The summed E-state index contributed by atoms with van der Waals surface area (Å²) in [5.41, 5.74) is -1.27. The number of aliphatic hydroxyl groups excluding tert-OH is 4. The average Bonchev–Trinajstić information content (AvgIpc) is 2.80. The van der Waals surface area contributed by atoms with Gasteiger partial charge in [-0.1, -0.05) is 0 Å². The quantitative estimate of drug-likeness (QED) is 0.208. The lowest BCUT2D eigenvalue weighted by Crippen LogP contribution is -2.60. The zero-order chi connectivity index (χ0) is 24.9. The van der Waals surface area contributed by atoms with Gasteiger partial charge in [0.15, 0.2) is 34.0 Å². The van der Waals surface area contributed by atoms with Gasteiger partial charge in [-0.2, -0.15) is 0 Å². The van der Waals surface area contributed by atoms with Gasteiger partial charge in [0.25, 0.3) is 0 Å². The molecule has 13 heteroatoms. The minimum Gasteiger partial charge on any atom is -0.504 e. The van der Waals surface area contributed by atoms with Crippen LogP contribution in [-0.2, 0) is 4.74 Å². The van der Waals surface area contributed by atoms with Gasteiger partial charge in [-0.3, -0.25) is 4.79 Å². The summed E-state index contributed by atoms with van der Waals surface area (Å²) in [5, 5.41) is 88.7. The van der Waals surface area contributed by atoms with E-state index in [0.29, 0.717) is 0 Å². The third-order valence-electron chi connectivity index (χ3n) is 5.37. The summed E-state index contributed by atoms with van der Waals surface area (Å²) in [4.78, 5) is 12.7. The molecule has 0 aliphatic carbocycles. The fraction of sp³-hybridized carbons (Fsp3) is 0.286. The summed E-state index contributed by atoms with van der Waals surface area (Å²) >= 11 is 0. The fourth-order valence-electron chi connectivity index (χ4n) is 3.52. The van der Waals surface area contributed by atoms with Gasteiger partial charge in [-0.05, 0) is 18.2 Å². The molecule has 1 aromatic heterocycles. The number of phenols is 5. The second kappa shape index (κ2) is 8.55. The van der Waals surface area contributed by atoms with Gasteiger partial charge in [0.1, 0.15) is 30.2 Å². The van der Waals surface area contributed by atoms with Gasteiger partial charge in [0.2, 0.25) is 17.8 Å². The van der Waals surface area contributed by atoms with Crippen molar-refractivity contribution in [2.24, 2.45) is 0 Å². The molecule has 0 saturated carbocycles. The lowest BCUT2D eigenvalue weighted by Gasteiger charge is -2.39. The Kier molecular flexibility index (Phi) is 5.89. The standard InChI is InChI=1S/C21H20O13/c22-5-13-16(29)17(30)18(31)21(33-13)34-20-15(28)11(26)3-7-8(23)4-12(32-19(7)20)6-1-9(24)14(27)10(25)2-6/h1-4,13,16-18,21-22,24-31H,5H2/t13-,16-,17-,18-,21-/m0/s1. The van der Waals surface area contributed by atoms with E-state index in [1.165, 1.54) is 0 Å². The molecule has 5 atom stereocenters. The molecule has 1 aliphatic rings. The molecule has 4 rings (SSSR count). The van der Waals surface area contributed by atoms with Gasteiger partial charge >= 0.3 is 0 Å². The Hall–Kier alpha value is -3.75. The number of benzene rings is 2. The van der Waals surface area contributed by atoms with Gasteiger partial charge in [0.05, 0.1) is 12.0 Å². The molecule has 0 unspecified atom stereocenters. The molecular formula is C21H20O13. The fourth-order valence-corrected chi connectivity index (χ4v) is 3.52. The number of rotatable bonds is 4. The third kappa shape index (κ3) is 3.81. The molecule has 3 aromatic rings. The van der Waals surface area contributed by atoms with Gasteiger partial charge in [0, 0.05) is 11.6 Å². The molecule has 9 N–H and O–H groups in total. The van der Waals surface area contributed by atoms with E-state index in [-0.39, 0.29) is 16.7 Å². The smallest absolute Gasteiger partial charge is 0.229 e. The first-order valence-corrected chi connectivity index (χ1v) is 9.78. The van der Waals surface area contributed by atoms with Crippen molar-refractivity contribution in [2.75, 3.05) is 6.61 Å². The predicted octanol–water partition coefficient (Wildman–Crippen LogP) is -0.833. The first-order valence-electron chi connectivity index (χ1n) is 9.78. The van der Waals surface area contributed by atoms with E-state index in [1.54, 1.807) is 0 Å². The molecule has 0 radical (unpaired) electrons. The van der Waals surface area contributed by atoms with Crippen molar-refractivity contribution in [1.82, 2.24) is 0 Å². The molecule has 182 valence electrons. The van der Waals surface area contributed by atoms with Crippen molar-refractivity contribution in [1.29, 1.82) is 0 Å².